The highest BCUT2D eigenvalue weighted by molar-refractivity contribution is 7.99. The Morgan fingerprint density at radius 2 is 2.00 bits per heavy atom. The molecule has 0 atom stereocenters. The van der Waals surface area contributed by atoms with E-state index in [1.54, 1.807) is 17.7 Å². The van der Waals surface area contributed by atoms with Gasteiger partial charge in [0, 0.05) is 6.07 Å². The number of nitro benzene ring substituents is 1. The average molecular weight is 384 g/mol. The van der Waals surface area contributed by atoms with Crippen LogP contribution in [0.25, 0.3) is 5.69 Å². The summed E-state index contributed by atoms with van der Waals surface area (Å²) in [5, 5.41) is 25.8. The van der Waals surface area contributed by atoms with Crippen molar-refractivity contribution < 1.29 is 9.72 Å². The second kappa shape index (κ2) is 7.96. The van der Waals surface area contributed by atoms with Crippen molar-refractivity contribution in [3.63, 3.8) is 0 Å². The van der Waals surface area contributed by atoms with E-state index in [1.165, 1.54) is 23.9 Å². The van der Waals surface area contributed by atoms with E-state index in [0.717, 1.165) is 11.3 Å². The molecule has 0 unspecified atom stereocenters. The van der Waals surface area contributed by atoms with Gasteiger partial charge in [-0.2, -0.15) is 4.68 Å². The number of carbonyl (C=O) groups excluding carboxylic acids is 1. The molecule has 0 bridgehead atoms. The van der Waals surface area contributed by atoms with Crippen molar-refractivity contribution >= 4 is 29.0 Å². The van der Waals surface area contributed by atoms with Crippen LogP contribution in [-0.4, -0.2) is 36.8 Å². The van der Waals surface area contributed by atoms with E-state index in [0.29, 0.717) is 16.4 Å². The first-order valence-corrected chi connectivity index (χ1v) is 8.97. The summed E-state index contributed by atoms with van der Waals surface area (Å²) >= 11 is 1.18. The van der Waals surface area contributed by atoms with Gasteiger partial charge in [-0.05, 0) is 42.0 Å². The lowest BCUT2D eigenvalue weighted by atomic mass is 10.1. The van der Waals surface area contributed by atoms with Crippen LogP contribution in [0.3, 0.4) is 0 Å². The molecule has 1 N–H and O–H groups in total. The van der Waals surface area contributed by atoms with E-state index in [-0.39, 0.29) is 17.3 Å². The van der Waals surface area contributed by atoms with Crippen LogP contribution < -0.4 is 5.32 Å². The number of nitrogens with zero attached hydrogens (tertiary/aromatic N) is 5. The van der Waals surface area contributed by atoms with Crippen molar-refractivity contribution in [2.24, 2.45) is 0 Å². The highest BCUT2D eigenvalue weighted by Gasteiger charge is 2.16. The summed E-state index contributed by atoms with van der Waals surface area (Å²) < 4.78 is 1.58. The molecule has 10 heteroatoms. The number of benzene rings is 2. The molecule has 1 aromatic heterocycles. The van der Waals surface area contributed by atoms with Gasteiger partial charge in [-0.1, -0.05) is 36.0 Å². The summed E-state index contributed by atoms with van der Waals surface area (Å²) in [6, 6.07) is 12.2. The third-order valence-electron chi connectivity index (χ3n) is 3.89. The lowest BCUT2D eigenvalue weighted by molar-refractivity contribution is -0.385. The molecule has 0 aliphatic heterocycles. The first-order chi connectivity index (χ1) is 13.0. The molecular formula is C17H16N6O3S. The lowest BCUT2D eigenvalue weighted by Crippen LogP contribution is -2.15. The number of rotatable bonds is 6. The van der Waals surface area contributed by atoms with Crippen molar-refractivity contribution in [3.8, 4) is 5.69 Å². The average Bonchev–Trinajstić information content (AvgIpc) is 3.10. The molecule has 27 heavy (non-hydrogen) atoms. The quantitative estimate of drug-likeness (QED) is 0.394. The van der Waals surface area contributed by atoms with Gasteiger partial charge < -0.3 is 5.32 Å². The monoisotopic (exact) mass is 384 g/mol. The topological polar surface area (TPSA) is 116 Å². The van der Waals surface area contributed by atoms with Crippen LogP contribution in [0, 0.1) is 24.0 Å². The van der Waals surface area contributed by atoms with Gasteiger partial charge in [0.05, 0.1) is 27.6 Å². The maximum atomic E-state index is 12.3. The highest BCUT2D eigenvalue weighted by Crippen LogP contribution is 2.26. The lowest BCUT2D eigenvalue weighted by Gasteiger charge is -2.09. The highest BCUT2D eigenvalue weighted by atomic mass is 32.2. The van der Waals surface area contributed by atoms with E-state index in [4.69, 9.17) is 0 Å². The maximum absolute atomic E-state index is 12.3. The Labute approximate surface area is 158 Å². The maximum Gasteiger partial charge on any atom is 0.274 e. The number of nitrogens with one attached hydrogen (secondary N) is 1. The van der Waals surface area contributed by atoms with E-state index in [2.05, 4.69) is 20.8 Å². The molecule has 0 aliphatic carbocycles. The summed E-state index contributed by atoms with van der Waals surface area (Å²) in [6.45, 7) is 3.54. The molecule has 9 nitrogen and oxygen atoms in total. The summed E-state index contributed by atoms with van der Waals surface area (Å²) in [5.41, 5.74) is 2.62. The van der Waals surface area contributed by atoms with E-state index < -0.39 is 4.92 Å². The molecule has 0 fully saturated rings. The van der Waals surface area contributed by atoms with Gasteiger partial charge in [0.25, 0.3) is 5.69 Å². The van der Waals surface area contributed by atoms with Crippen LogP contribution in [-0.2, 0) is 4.79 Å². The molecule has 0 radical (unpaired) electrons. The predicted octanol–water partition coefficient (Wildman–Crippen LogP) is 2.92. The molecule has 3 aromatic rings. The number of hydrogen-bond acceptors (Lipinski definition) is 7. The van der Waals surface area contributed by atoms with Gasteiger partial charge in [0.1, 0.15) is 0 Å². The number of para-hydroxylation sites is 1. The molecule has 1 amide bonds. The van der Waals surface area contributed by atoms with Crippen molar-refractivity contribution in [1.82, 2.24) is 20.2 Å². The third-order valence-corrected chi connectivity index (χ3v) is 4.81. The standard InChI is InChI=1S/C17H16N6O3S/c1-11-6-3-4-8-14(11)22-17(19-20-21-22)27-10-16(24)18-13-7-5-9-15(12(13)2)23(25)26/h3-9H,10H2,1-2H3,(H,18,24). The largest absolute Gasteiger partial charge is 0.325 e. The number of tetrazole rings is 1. The predicted molar refractivity (Wildman–Crippen MR) is 101 cm³/mol. The summed E-state index contributed by atoms with van der Waals surface area (Å²) in [4.78, 5) is 22.8. The fraction of sp³-hybridized carbons (Fsp3) is 0.176. The van der Waals surface area contributed by atoms with Crippen LogP contribution >= 0.6 is 11.8 Å². The van der Waals surface area contributed by atoms with Crippen molar-refractivity contribution in [2.45, 2.75) is 19.0 Å². The normalized spacial score (nSPS) is 10.6. The van der Waals surface area contributed by atoms with Gasteiger partial charge >= 0.3 is 0 Å². The Kier molecular flexibility index (Phi) is 5.46. The minimum absolute atomic E-state index is 0.0380. The Morgan fingerprint density at radius 3 is 2.74 bits per heavy atom. The second-order valence-corrected chi connectivity index (χ2v) is 6.65. The Morgan fingerprint density at radius 1 is 1.22 bits per heavy atom. The number of carbonyl (C=O) groups is 1. The van der Waals surface area contributed by atoms with Crippen molar-refractivity contribution in [3.05, 3.63) is 63.7 Å². The zero-order valence-electron chi connectivity index (χ0n) is 14.6. The summed E-state index contributed by atoms with van der Waals surface area (Å²) in [7, 11) is 0. The zero-order chi connectivity index (χ0) is 19.4. The number of thioether (sulfide) groups is 1. The Hall–Kier alpha value is -3.27. The van der Waals surface area contributed by atoms with Gasteiger partial charge in [0.15, 0.2) is 0 Å². The minimum atomic E-state index is -0.476. The van der Waals surface area contributed by atoms with Gasteiger partial charge in [0.2, 0.25) is 11.1 Å². The fourth-order valence-electron chi connectivity index (χ4n) is 2.49. The van der Waals surface area contributed by atoms with Crippen molar-refractivity contribution in [2.75, 3.05) is 11.1 Å². The molecule has 0 spiro atoms. The summed E-state index contributed by atoms with van der Waals surface area (Å²) in [6.07, 6.45) is 0. The number of aromatic nitrogens is 4. The van der Waals surface area contributed by atoms with E-state index >= 15 is 0 Å². The van der Waals surface area contributed by atoms with Crippen LogP contribution in [0.4, 0.5) is 11.4 Å². The molecule has 138 valence electrons. The number of anilines is 1. The van der Waals surface area contributed by atoms with Gasteiger partial charge in [-0.25, -0.2) is 0 Å². The molecule has 2 aromatic carbocycles. The Bertz CT molecular complexity index is 1000. The molecule has 3 rings (SSSR count). The number of nitro groups is 1. The molecule has 1 heterocycles. The Balaban J connectivity index is 1.70. The number of aryl methyl sites for hydroxylation is 1. The van der Waals surface area contributed by atoms with Crippen LogP contribution in [0.2, 0.25) is 0 Å². The number of amides is 1. The first-order valence-electron chi connectivity index (χ1n) is 7.98. The molecule has 0 saturated carbocycles. The van der Waals surface area contributed by atoms with Crippen LogP contribution in [0.1, 0.15) is 11.1 Å². The van der Waals surface area contributed by atoms with Crippen LogP contribution in [0.15, 0.2) is 47.6 Å². The number of hydrogen-bond donors (Lipinski definition) is 1. The SMILES string of the molecule is Cc1ccccc1-n1nnnc1SCC(=O)Nc1cccc([N+](=O)[O-])c1C. The second-order valence-electron chi connectivity index (χ2n) is 5.70. The molecular weight excluding hydrogens is 368 g/mol. The smallest absolute Gasteiger partial charge is 0.274 e. The first kappa shape index (κ1) is 18.5. The fourth-order valence-corrected chi connectivity index (χ4v) is 3.18. The van der Waals surface area contributed by atoms with Gasteiger partial charge in [-0.3, -0.25) is 14.9 Å². The van der Waals surface area contributed by atoms with Crippen LogP contribution in [0.5, 0.6) is 0 Å². The van der Waals surface area contributed by atoms with Crippen molar-refractivity contribution in [1.29, 1.82) is 0 Å². The summed E-state index contributed by atoms with van der Waals surface area (Å²) in [5.74, 6) is -0.239. The molecule has 0 saturated heterocycles. The zero-order valence-corrected chi connectivity index (χ0v) is 15.4. The molecule has 0 aliphatic rings. The van der Waals surface area contributed by atoms with Gasteiger partial charge in [-0.15, -0.1) is 5.10 Å². The minimum Gasteiger partial charge on any atom is -0.325 e. The third kappa shape index (κ3) is 4.11. The van der Waals surface area contributed by atoms with E-state index in [1.807, 2.05) is 31.2 Å². The van der Waals surface area contributed by atoms with E-state index in [9.17, 15) is 14.9 Å².